The second kappa shape index (κ2) is 10.9. The third-order valence-corrected chi connectivity index (χ3v) is 6.92. The molecule has 2 fully saturated rings. The predicted octanol–water partition coefficient (Wildman–Crippen LogP) is 5.55. The van der Waals surface area contributed by atoms with Gasteiger partial charge < -0.3 is 14.6 Å². The van der Waals surface area contributed by atoms with E-state index in [1.54, 1.807) is 0 Å². The third kappa shape index (κ3) is 6.84. The second-order valence-corrected chi connectivity index (χ2v) is 8.65. The molecule has 3 heteroatoms. The highest BCUT2D eigenvalue weighted by molar-refractivity contribution is 4.82. The van der Waals surface area contributed by atoms with Gasteiger partial charge in [0.05, 0.1) is 12.2 Å². The molecule has 0 heterocycles. The average molecular weight is 355 g/mol. The molecule has 3 unspecified atom stereocenters. The van der Waals surface area contributed by atoms with Crippen LogP contribution in [0.3, 0.4) is 0 Å². The maximum atomic E-state index is 9.77. The molecule has 0 amide bonds. The van der Waals surface area contributed by atoms with Gasteiger partial charge >= 0.3 is 0 Å². The van der Waals surface area contributed by atoms with Gasteiger partial charge in [0.2, 0.25) is 0 Å². The second-order valence-electron chi connectivity index (χ2n) is 8.65. The molecule has 25 heavy (non-hydrogen) atoms. The molecule has 3 nitrogen and oxygen atoms in total. The average Bonchev–Trinajstić information content (AvgIpc) is 2.61. The highest BCUT2D eigenvalue weighted by Gasteiger charge is 2.31. The number of rotatable bonds is 9. The van der Waals surface area contributed by atoms with Gasteiger partial charge in [-0.15, -0.1) is 0 Å². The fraction of sp³-hybridized carbons (Fsp3) is 1.00. The Morgan fingerprint density at radius 2 is 1.48 bits per heavy atom. The molecular weight excluding hydrogens is 312 g/mol. The summed E-state index contributed by atoms with van der Waals surface area (Å²) >= 11 is 0. The summed E-state index contributed by atoms with van der Waals surface area (Å²) in [4.78, 5) is 0. The van der Waals surface area contributed by atoms with E-state index in [9.17, 15) is 5.11 Å². The van der Waals surface area contributed by atoms with E-state index in [4.69, 9.17) is 9.47 Å². The topological polar surface area (TPSA) is 38.7 Å². The Balaban J connectivity index is 1.72. The van der Waals surface area contributed by atoms with Crippen LogP contribution in [0.2, 0.25) is 0 Å². The third-order valence-electron chi connectivity index (χ3n) is 6.92. The van der Waals surface area contributed by atoms with E-state index in [1.165, 1.54) is 51.4 Å². The molecule has 0 aromatic carbocycles. The van der Waals surface area contributed by atoms with Crippen LogP contribution >= 0.6 is 0 Å². The van der Waals surface area contributed by atoms with Gasteiger partial charge in [0, 0.05) is 6.61 Å². The minimum Gasteiger partial charge on any atom is -0.393 e. The summed E-state index contributed by atoms with van der Waals surface area (Å²) in [6.07, 6.45) is 12.5. The van der Waals surface area contributed by atoms with Crippen molar-refractivity contribution >= 4 is 0 Å². The van der Waals surface area contributed by atoms with E-state index in [1.807, 2.05) is 13.8 Å². The van der Waals surface area contributed by atoms with Gasteiger partial charge in [0.15, 0.2) is 6.29 Å². The van der Waals surface area contributed by atoms with Crippen molar-refractivity contribution in [1.29, 1.82) is 0 Å². The van der Waals surface area contributed by atoms with Crippen LogP contribution < -0.4 is 0 Å². The lowest BCUT2D eigenvalue weighted by atomic mass is 9.70. The Kier molecular flexibility index (Phi) is 9.23. The van der Waals surface area contributed by atoms with Crippen LogP contribution in [0.4, 0.5) is 0 Å². The van der Waals surface area contributed by atoms with Gasteiger partial charge in [-0.3, -0.25) is 0 Å². The van der Waals surface area contributed by atoms with Crippen LogP contribution in [0.25, 0.3) is 0 Å². The highest BCUT2D eigenvalue weighted by Crippen LogP contribution is 2.40. The minimum atomic E-state index is -0.0601. The maximum absolute atomic E-state index is 9.77. The molecule has 0 bridgehead atoms. The van der Waals surface area contributed by atoms with Crippen LogP contribution in [-0.2, 0) is 9.47 Å². The molecule has 148 valence electrons. The molecule has 3 atom stereocenters. The van der Waals surface area contributed by atoms with Crippen molar-refractivity contribution < 1.29 is 14.6 Å². The summed E-state index contributed by atoms with van der Waals surface area (Å²) in [5, 5.41) is 9.77. The van der Waals surface area contributed by atoms with E-state index in [0.29, 0.717) is 6.10 Å². The summed E-state index contributed by atoms with van der Waals surface area (Å²) < 4.78 is 11.5. The zero-order valence-corrected chi connectivity index (χ0v) is 17.1. The van der Waals surface area contributed by atoms with Crippen molar-refractivity contribution in [3.8, 4) is 0 Å². The first-order valence-electron chi connectivity index (χ1n) is 11.0. The molecular formula is C22H42O3. The number of hydrogen-bond donors (Lipinski definition) is 1. The predicted molar refractivity (Wildman–Crippen MR) is 103 cm³/mol. The summed E-state index contributed by atoms with van der Waals surface area (Å²) in [5.74, 6) is 3.39. The Morgan fingerprint density at radius 1 is 0.880 bits per heavy atom. The SMILES string of the molecule is CCOC(C)OC1CCC(C(C)CC(CC)C2CCC(O)CC2)CC1. The maximum Gasteiger partial charge on any atom is 0.155 e. The summed E-state index contributed by atoms with van der Waals surface area (Å²) in [7, 11) is 0. The Bertz CT molecular complexity index is 343. The lowest BCUT2D eigenvalue weighted by Crippen LogP contribution is -2.30. The molecule has 0 aromatic heterocycles. The van der Waals surface area contributed by atoms with E-state index < -0.39 is 0 Å². The van der Waals surface area contributed by atoms with Gasteiger partial charge in [-0.25, -0.2) is 0 Å². The molecule has 0 saturated heterocycles. The summed E-state index contributed by atoms with van der Waals surface area (Å²) in [5.41, 5.74) is 0. The quantitative estimate of drug-likeness (QED) is 0.552. The fourth-order valence-corrected chi connectivity index (χ4v) is 5.27. The number of aliphatic hydroxyl groups is 1. The summed E-state index contributed by atoms with van der Waals surface area (Å²) in [6, 6.07) is 0. The molecule has 0 spiro atoms. The fourth-order valence-electron chi connectivity index (χ4n) is 5.27. The largest absolute Gasteiger partial charge is 0.393 e. The molecule has 2 saturated carbocycles. The van der Waals surface area contributed by atoms with Gasteiger partial charge in [-0.05, 0) is 95.3 Å². The Hall–Kier alpha value is -0.120. The Labute approximate surface area is 155 Å². The van der Waals surface area contributed by atoms with Crippen molar-refractivity contribution in [1.82, 2.24) is 0 Å². The van der Waals surface area contributed by atoms with E-state index in [-0.39, 0.29) is 12.4 Å². The van der Waals surface area contributed by atoms with Crippen molar-refractivity contribution in [2.24, 2.45) is 23.7 Å². The Morgan fingerprint density at radius 3 is 2.04 bits per heavy atom. The van der Waals surface area contributed by atoms with Crippen molar-refractivity contribution in [3.63, 3.8) is 0 Å². The van der Waals surface area contributed by atoms with E-state index >= 15 is 0 Å². The molecule has 2 rings (SSSR count). The van der Waals surface area contributed by atoms with Crippen LogP contribution in [0.1, 0.15) is 91.9 Å². The van der Waals surface area contributed by atoms with E-state index in [2.05, 4.69) is 13.8 Å². The van der Waals surface area contributed by atoms with Gasteiger partial charge in [0.25, 0.3) is 0 Å². The highest BCUT2D eigenvalue weighted by atomic mass is 16.7. The number of aliphatic hydroxyl groups excluding tert-OH is 1. The van der Waals surface area contributed by atoms with Gasteiger partial charge in [0.1, 0.15) is 0 Å². The van der Waals surface area contributed by atoms with Crippen molar-refractivity contribution in [2.45, 2.75) is 110 Å². The lowest BCUT2D eigenvalue weighted by molar-refractivity contribution is -0.166. The number of hydrogen-bond acceptors (Lipinski definition) is 3. The first-order chi connectivity index (χ1) is 12.0. The molecule has 2 aliphatic rings. The van der Waals surface area contributed by atoms with E-state index in [0.717, 1.165) is 43.1 Å². The van der Waals surface area contributed by atoms with Crippen LogP contribution in [0.15, 0.2) is 0 Å². The zero-order chi connectivity index (χ0) is 18.2. The van der Waals surface area contributed by atoms with Gasteiger partial charge in [-0.1, -0.05) is 20.3 Å². The van der Waals surface area contributed by atoms with Crippen molar-refractivity contribution in [2.75, 3.05) is 6.61 Å². The van der Waals surface area contributed by atoms with Gasteiger partial charge in [-0.2, -0.15) is 0 Å². The zero-order valence-electron chi connectivity index (χ0n) is 17.1. The standard InChI is InChI=1S/C22H42O3/c1-5-18(20-7-11-21(23)12-8-20)15-16(3)19-9-13-22(14-10-19)25-17(4)24-6-2/h16-23H,5-15H2,1-4H3. The van der Waals surface area contributed by atoms with Crippen LogP contribution in [-0.4, -0.2) is 30.2 Å². The smallest absolute Gasteiger partial charge is 0.155 e. The molecule has 0 aliphatic heterocycles. The first-order valence-corrected chi connectivity index (χ1v) is 11.0. The van der Waals surface area contributed by atoms with Crippen molar-refractivity contribution in [3.05, 3.63) is 0 Å². The summed E-state index contributed by atoms with van der Waals surface area (Å²) in [6.45, 7) is 9.61. The van der Waals surface area contributed by atoms with Crippen LogP contribution in [0, 0.1) is 23.7 Å². The lowest BCUT2D eigenvalue weighted by Gasteiger charge is -2.37. The molecule has 0 radical (unpaired) electrons. The molecule has 2 aliphatic carbocycles. The molecule has 1 N–H and O–H groups in total. The number of ether oxygens (including phenoxy) is 2. The molecule has 0 aromatic rings. The van der Waals surface area contributed by atoms with Crippen LogP contribution in [0.5, 0.6) is 0 Å². The monoisotopic (exact) mass is 354 g/mol. The normalized spacial score (nSPS) is 34.4. The minimum absolute atomic E-state index is 0.0273. The first kappa shape index (κ1) is 21.2.